The van der Waals surface area contributed by atoms with Crippen LogP contribution < -0.4 is 5.32 Å². The third kappa shape index (κ3) is 3.02. The Kier molecular flexibility index (Phi) is 4.00. The maximum absolute atomic E-state index is 12.6. The zero-order valence-electron chi connectivity index (χ0n) is 11.6. The molecular formula is C17H19NO. The van der Waals surface area contributed by atoms with Crippen LogP contribution in [0.5, 0.6) is 0 Å². The quantitative estimate of drug-likeness (QED) is 0.833. The van der Waals surface area contributed by atoms with Gasteiger partial charge in [0.15, 0.2) is 5.78 Å². The Morgan fingerprint density at radius 2 is 1.68 bits per heavy atom. The van der Waals surface area contributed by atoms with E-state index in [2.05, 4.69) is 19.2 Å². The van der Waals surface area contributed by atoms with Crippen molar-refractivity contribution in [3.05, 3.63) is 65.2 Å². The van der Waals surface area contributed by atoms with Gasteiger partial charge in [-0.15, -0.1) is 0 Å². The smallest absolute Gasteiger partial charge is 0.195 e. The summed E-state index contributed by atoms with van der Waals surface area (Å²) in [7, 11) is 0. The van der Waals surface area contributed by atoms with Gasteiger partial charge in [-0.2, -0.15) is 0 Å². The van der Waals surface area contributed by atoms with Crippen LogP contribution in [0.25, 0.3) is 0 Å². The molecule has 0 aliphatic heterocycles. The van der Waals surface area contributed by atoms with Crippen LogP contribution in [0.4, 0.5) is 5.69 Å². The Morgan fingerprint density at radius 3 is 2.32 bits per heavy atom. The molecule has 0 aliphatic rings. The molecule has 0 saturated heterocycles. The Hall–Kier alpha value is -2.09. The lowest BCUT2D eigenvalue weighted by atomic mass is 9.99. The first-order chi connectivity index (χ1) is 9.09. The van der Waals surface area contributed by atoms with Crippen LogP contribution in [0.1, 0.15) is 35.3 Å². The Labute approximate surface area is 114 Å². The van der Waals surface area contributed by atoms with E-state index in [-0.39, 0.29) is 5.78 Å². The molecule has 0 amide bonds. The van der Waals surface area contributed by atoms with Crippen LogP contribution in [-0.4, -0.2) is 11.8 Å². The molecule has 0 aromatic heterocycles. The van der Waals surface area contributed by atoms with Gasteiger partial charge in [-0.3, -0.25) is 4.79 Å². The first kappa shape index (κ1) is 13.3. The number of aryl methyl sites for hydroxylation is 1. The lowest BCUT2D eigenvalue weighted by molar-refractivity contribution is 0.103. The van der Waals surface area contributed by atoms with Crippen molar-refractivity contribution in [1.82, 2.24) is 0 Å². The van der Waals surface area contributed by atoms with Crippen molar-refractivity contribution in [3.8, 4) is 0 Å². The summed E-state index contributed by atoms with van der Waals surface area (Å²) in [5.74, 6) is 0.0625. The van der Waals surface area contributed by atoms with Gasteiger partial charge in [0.05, 0.1) is 0 Å². The largest absolute Gasteiger partial charge is 0.382 e. The third-order valence-electron chi connectivity index (χ3n) is 2.99. The topological polar surface area (TPSA) is 29.1 Å². The summed E-state index contributed by atoms with van der Waals surface area (Å²) in [5.41, 5.74) is 3.49. The maximum atomic E-state index is 12.6. The fourth-order valence-electron chi connectivity index (χ4n) is 2.08. The van der Waals surface area contributed by atoms with Crippen molar-refractivity contribution < 1.29 is 4.79 Å². The van der Waals surface area contributed by atoms with Gasteiger partial charge in [0.25, 0.3) is 0 Å². The molecule has 0 unspecified atom stereocenters. The fraction of sp³-hybridized carbons (Fsp3) is 0.235. The highest BCUT2D eigenvalue weighted by Crippen LogP contribution is 2.24. The molecule has 2 aromatic carbocycles. The number of hydrogen-bond donors (Lipinski definition) is 1. The molecule has 1 N–H and O–H groups in total. The zero-order valence-corrected chi connectivity index (χ0v) is 11.6. The van der Waals surface area contributed by atoms with Crippen LogP contribution in [0.3, 0.4) is 0 Å². The number of para-hydroxylation sites is 1. The minimum atomic E-state index is 0.0625. The Balaban J connectivity index is 2.45. The van der Waals surface area contributed by atoms with E-state index in [1.54, 1.807) is 0 Å². The molecule has 0 spiro atoms. The zero-order chi connectivity index (χ0) is 13.8. The minimum absolute atomic E-state index is 0.0625. The van der Waals surface area contributed by atoms with Crippen LogP contribution in [0.2, 0.25) is 0 Å². The molecule has 98 valence electrons. The van der Waals surface area contributed by atoms with Crippen LogP contribution in [0, 0.1) is 6.92 Å². The monoisotopic (exact) mass is 253 g/mol. The average molecular weight is 253 g/mol. The van der Waals surface area contributed by atoms with Crippen molar-refractivity contribution >= 4 is 11.5 Å². The van der Waals surface area contributed by atoms with E-state index in [4.69, 9.17) is 0 Å². The second-order valence-electron chi connectivity index (χ2n) is 4.99. The van der Waals surface area contributed by atoms with E-state index < -0.39 is 0 Å². The Bertz CT molecular complexity index is 573. The molecule has 0 saturated carbocycles. The third-order valence-corrected chi connectivity index (χ3v) is 2.99. The molecule has 0 fully saturated rings. The number of anilines is 1. The summed E-state index contributed by atoms with van der Waals surface area (Å²) in [5, 5.41) is 3.37. The molecule has 0 heterocycles. The predicted molar refractivity (Wildman–Crippen MR) is 79.8 cm³/mol. The number of carbonyl (C=O) groups is 1. The van der Waals surface area contributed by atoms with Gasteiger partial charge in [-0.05, 0) is 32.4 Å². The van der Waals surface area contributed by atoms with E-state index >= 15 is 0 Å². The number of benzene rings is 2. The second-order valence-corrected chi connectivity index (χ2v) is 4.99. The van der Waals surface area contributed by atoms with Crippen molar-refractivity contribution in [1.29, 1.82) is 0 Å². The Morgan fingerprint density at radius 1 is 1.00 bits per heavy atom. The molecule has 19 heavy (non-hydrogen) atoms. The van der Waals surface area contributed by atoms with Gasteiger partial charge < -0.3 is 5.32 Å². The molecular weight excluding hydrogens is 234 g/mol. The van der Waals surface area contributed by atoms with Crippen molar-refractivity contribution in [2.75, 3.05) is 5.32 Å². The van der Waals surface area contributed by atoms with Crippen LogP contribution in [-0.2, 0) is 0 Å². The lowest BCUT2D eigenvalue weighted by Gasteiger charge is -2.16. The predicted octanol–water partition coefficient (Wildman–Crippen LogP) is 4.05. The molecule has 0 aliphatic carbocycles. The number of hydrogen-bond acceptors (Lipinski definition) is 2. The van der Waals surface area contributed by atoms with Gasteiger partial charge >= 0.3 is 0 Å². The highest BCUT2D eigenvalue weighted by Gasteiger charge is 2.15. The minimum Gasteiger partial charge on any atom is -0.382 e. The lowest BCUT2D eigenvalue weighted by Crippen LogP contribution is -2.15. The summed E-state index contributed by atoms with van der Waals surface area (Å²) >= 11 is 0. The second kappa shape index (κ2) is 5.70. The SMILES string of the molecule is Cc1cccc(C(=O)c2ccccc2)c1NC(C)C. The van der Waals surface area contributed by atoms with Gasteiger partial charge in [-0.1, -0.05) is 42.5 Å². The maximum Gasteiger partial charge on any atom is 0.195 e. The number of nitrogens with one attached hydrogen (secondary N) is 1. The summed E-state index contributed by atoms with van der Waals surface area (Å²) in [4.78, 5) is 12.6. The van der Waals surface area contributed by atoms with Crippen molar-refractivity contribution in [2.45, 2.75) is 26.8 Å². The van der Waals surface area contributed by atoms with E-state index in [1.165, 1.54) is 0 Å². The van der Waals surface area contributed by atoms with Gasteiger partial charge in [0.2, 0.25) is 0 Å². The van der Waals surface area contributed by atoms with E-state index in [0.717, 1.165) is 22.4 Å². The fourth-order valence-corrected chi connectivity index (χ4v) is 2.08. The standard InChI is InChI=1S/C17H19NO/c1-12(2)18-16-13(3)8-7-11-15(16)17(19)14-9-5-4-6-10-14/h4-12,18H,1-3H3. The number of rotatable bonds is 4. The number of ketones is 1. The first-order valence-corrected chi connectivity index (χ1v) is 6.55. The summed E-state index contributed by atoms with van der Waals surface area (Å²) in [6.07, 6.45) is 0. The van der Waals surface area contributed by atoms with E-state index in [1.807, 2.05) is 55.5 Å². The highest BCUT2D eigenvalue weighted by atomic mass is 16.1. The molecule has 2 heteroatoms. The van der Waals surface area contributed by atoms with Gasteiger partial charge in [0, 0.05) is 22.9 Å². The van der Waals surface area contributed by atoms with Crippen molar-refractivity contribution in [3.63, 3.8) is 0 Å². The first-order valence-electron chi connectivity index (χ1n) is 6.55. The van der Waals surface area contributed by atoms with Gasteiger partial charge in [-0.25, -0.2) is 0 Å². The molecule has 2 rings (SSSR count). The number of carbonyl (C=O) groups excluding carboxylic acids is 1. The van der Waals surface area contributed by atoms with Gasteiger partial charge in [0.1, 0.15) is 0 Å². The molecule has 2 nitrogen and oxygen atoms in total. The summed E-state index contributed by atoms with van der Waals surface area (Å²) in [6, 6.07) is 15.5. The van der Waals surface area contributed by atoms with E-state index in [0.29, 0.717) is 6.04 Å². The average Bonchev–Trinajstić information content (AvgIpc) is 2.41. The molecule has 2 aromatic rings. The van der Waals surface area contributed by atoms with E-state index in [9.17, 15) is 4.79 Å². The van der Waals surface area contributed by atoms with Crippen LogP contribution >= 0.6 is 0 Å². The summed E-state index contributed by atoms with van der Waals surface area (Å²) in [6.45, 7) is 6.17. The summed E-state index contributed by atoms with van der Waals surface area (Å²) < 4.78 is 0. The normalized spacial score (nSPS) is 10.5. The van der Waals surface area contributed by atoms with Crippen LogP contribution in [0.15, 0.2) is 48.5 Å². The highest BCUT2D eigenvalue weighted by molar-refractivity contribution is 6.12. The van der Waals surface area contributed by atoms with Crippen molar-refractivity contribution in [2.24, 2.45) is 0 Å². The molecule has 0 bridgehead atoms. The molecule has 0 radical (unpaired) electrons. The molecule has 0 atom stereocenters.